The van der Waals surface area contributed by atoms with Crippen molar-refractivity contribution in [1.29, 1.82) is 0 Å². The van der Waals surface area contributed by atoms with Crippen molar-refractivity contribution in [2.24, 2.45) is 0 Å². The Labute approximate surface area is 84.2 Å². The second-order valence-corrected chi connectivity index (χ2v) is 3.56. The molecule has 1 aromatic carbocycles. The van der Waals surface area contributed by atoms with Crippen molar-refractivity contribution in [1.82, 2.24) is 0 Å². The van der Waals surface area contributed by atoms with Crippen molar-refractivity contribution >= 4 is 5.97 Å². The third kappa shape index (κ3) is 2.02. The maximum absolute atomic E-state index is 11.6. The normalized spacial score (nSPS) is 10.7. The van der Waals surface area contributed by atoms with Crippen LogP contribution in [0.15, 0.2) is 43.2 Å². The van der Waals surface area contributed by atoms with Crippen LogP contribution in [-0.2, 0) is 14.9 Å². The summed E-state index contributed by atoms with van der Waals surface area (Å²) in [4.78, 5) is 11.6. The summed E-state index contributed by atoms with van der Waals surface area (Å²) in [6.07, 6.45) is 1.16. The molecule has 0 atom stereocenters. The van der Waals surface area contributed by atoms with E-state index in [0.29, 0.717) is 0 Å². The van der Waals surface area contributed by atoms with Gasteiger partial charge in [-0.1, -0.05) is 36.9 Å². The van der Waals surface area contributed by atoms with Gasteiger partial charge in [-0.15, -0.1) is 0 Å². The van der Waals surface area contributed by atoms with Crippen LogP contribution < -0.4 is 0 Å². The van der Waals surface area contributed by atoms with Crippen molar-refractivity contribution in [2.75, 3.05) is 0 Å². The molecule has 74 valence electrons. The quantitative estimate of drug-likeness (QED) is 0.541. The minimum Gasteiger partial charge on any atom is -0.434 e. The lowest BCUT2D eigenvalue weighted by Crippen LogP contribution is -2.29. The topological polar surface area (TPSA) is 26.3 Å². The van der Waals surface area contributed by atoms with Gasteiger partial charge in [0.25, 0.3) is 0 Å². The molecule has 0 fully saturated rings. The molecular formula is C12H14O2. The van der Waals surface area contributed by atoms with Crippen molar-refractivity contribution in [3.63, 3.8) is 0 Å². The van der Waals surface area contributed by atoms with Crippen LogP contribution in [0.1, 0.15) is 19.4 Å². The number of esters is 1. The van der Waals surface area contributed by atoms with E-state index in [1.807, 2.05) is 44.2 Å². The average Bonchev–Trinajstić information content (AvgIpc) is 2.19. The lowest BCUT2D eigenvalue weighted by molar-refractivity contribution is -0.143. The van der Waals surface area contributed by atoms with Crippen LogP contribution in [0.5, 0.6) is 0 Å². The van der Waals surface area contributed by atoms with Crippen LogP contribution in [0, 0.1) is 0 Å². The Morgan fingerprint density at radius 2 is 1.93 bits per heavy atom. The smallest absolute Gasteiger partial charge is 0.320 e. The highest BCUT2D eigenvalue weighted by Crippen LogP contribution is 2.24. The number of hydrogen-bond acceptors (Lipinski definition) is 2. The summed E-state index contributed by atoms with van der Waals surface area (Å²) in [7, 11) is 0. The maximum Gasteiger partial charge on any atom is 0.320 e. The highest BCUT2D eigenvalue weighted by atomic mass is 16.5. The van der Waals surface area contributed by atoms with Crippen LogP contribution in [-0.4, -0.2) is 5.97 Å². The molecule has 2 heteroatoms. The molecule has 14 heavy (non-hydrogen) atoms. The third-order valence-corrected chi connectivity index (χ3v) is 2.20. The molecule has 0 N–H and O–H groups in total. The summed E-state index contributed by atoms with van der Waals surface area (Å²) in [5.41, 5.74) is 0.307. The molecule has 0 amide bonds. The van der Waals surface area contributed by atoms with Crippen LogP contribution in [0.4, 0.5) is 0 Å². The van der Waals surface area contributed by atoms with E-state index < -0.39 is 5.41 Å². The van der Waals surface area contributed by atoms with Gasteiger partial charge in [-0.2, -0.15) is 0 Å². The standard InChI is InChI=1S/C12H14O2/c1-4-14-11(13)12(2,3)10-8-6-5-7-9-10/h4-9H,1H2,2-3H3. The molecule has 0 unspecified atom stereocenters. The first kappa shape index (κ1) is 10.5. The van der Waals surface area contributed by atoms with Crippen LogP contribution in [0.2, 0.25) is 0 Å². The Hall–Kier alpha value is -1.57. The number of benzene rings is 1. The Morgan fingerprint density at radius 1 is 1.36 bits per heavy atom. The summed E-state index contributed by atoms with van der Waals surface area (Å²) < 4.78 is 4.79. The zero-order valence-corrected chi connectivity index (χ0v) is 8.49. The van der Waals surface area contributed by atoms with Gasteiger partial charge in [0.2, 0.25) is 0 Å². The molecule has 0 aliphatic heterocycles. The fourth-order valence-electron chi connectivity index (χ4n) is 1.20. The van der Waals surface area contributed by atoms with E-state index in [4.69, 9.17) is 4.74 Å². The number of carbonyl (C=O) groups is 1. The van der Waals surface area contributed by atoms with Gasteiger partial charge >= 0.3 is 5.97 Å². The first-order valence-electron chi connectivity index (χ1n) is 4.46. The monoisotopic (exact) mass is 190 g/mol. The molecular weight excluding hydrogens is 176 g/mol. The summed E-state index contributed by atoms with van der Waals surface area (Å²) in [5.74, 6) is -0.293. The summed E-state index contributed by atoms with van der Waals surface area (Å²) >= 11 is 0. The molecule has 0 saturated carbocycles. The van der Waals surface area contributed by atoms with Gasteiger partial charge in [-0.05, 0) is 19.4 Å². The molecule has 1 aromatic rings. The molecule has 0 radical (unpaired) electrons. The minimum absolute atomic E-state index is 0.293. The van der Waals surface area contributed by atoms with Crippen LogP contribution in [0.25, 0.3) is 0 Å². The highest BCUT2D eigenvalue weighted by molar-refractivity contribution is 5.82. The lowest BCUT2D eigenvalue weighted by atomic mass is 9.85. The van der Waals surface area contributed by atoms with Gasteiger partial charge in [0.05, 0.1) is 11.7 Å². The Balaban J connectivity index is 2.95. The van der Waals surface area contributed by atoms with Crippen LogP contribution in [0.3, 0.4) is 0 Å². The zero-order valence-electron chi connectivity index (χ0n) is 8.49. The predicted octanol–water partition coefficient (Wildman–Crippen LogP) is 2.65. The SMILES string of the molecule is C=COC(=O)C(C)(C)c1ccccc1. The van der Waals surface area contributed by atoms with Gasteiger partial charge in [0.1, 0.15) is 0 Å². The molecule has 0 aliphatic rings. The van der Waals surface area contributed by atoms with Crippen molar-refractivity contribution in [2.45, 2.75) is 19.3 Å². The average molecular weight is 190 g/mol. The van der Waals surface area contributed by atoms with Crippen molar-refractivity contribution < 1.29 is 9.53 Å². The predicted molar refractivity (Wildman–Crippen MR) is 55.8 cm³/mol. The Morgan fingerprint density at radius 3 is 2.43 bits per heavy atom. The second kappa shape index (κ2) is 4.09. The fourth-order valence-corrected chi connectivity index (χ4v) is 1.20. The van der Waals surface area contributed by atoms with Gasteiger partial charge in [0.15, 0.2) is 0 Å². The van der Waals surface area contributed by atoms with E-state index in [-0.39, 0.29) is 5.97 Å². The maximum atomic E-state index is 11.6. The molecule has 0 saturated heterocycles. The van der Waals surface area contributed by atoms with E-state index in [1.54, 1.807) is 0 Å². The Bertz CT molecular complexity index is 325. The fraction of sp³-hybridized carbons (Fsp3) is 0.250. The summed E-state index contributed by atoms with van der Waals surface area (Å²) in [6, 6.07) is 9.53. The number of hydrogen-bond donors (Lipinski definition) is 0. The minimum atomic E-state index is -0.630. The first-order valence-corrected chi connectivity index (χ1v) is 4.46. The van der Waals surface area contributed by atoms with Gasteiger partial charge in [-0.25, -0.2) is 0 Å². The number of carbonyl (C=O) groups excluding carboxylic acids is 1. The summed E-state index contributed by atoms with van der Waals surface area (Å²) in [6.45, 7) is 7.02. The van der Waals surface area contributed by atoms with Gasteiger partial charge in [0, 0.05) is 0 Å². The van der Waals surface area contributed by atoms with Crippen LogP contribution >= 0.6 is 0 Å². The van der Waals surface area contributed by atoms with Gasteiger partial charge in [-0.3, -0.25) is 4.79 Å². The largest absolute Gasteiger partial charge is 0.434 e. The van der Waals surface area contributed by atoms with E-state index in [0.717, 1.165) is 11.8 Å². The molecule has 0 spiro atoms. The van der Waals surface area contributed by atoms with E-state index >= 15 is 0 Å². The van der Waals surface area contributed by atoms with Crippen molar-refractivity contribution in [3.05, 3.63) is 48.7 Å². The molecule has 0 aliphatic carbocycles. The molecule has 0 heterocycles. The number of rotatable bonds is 3. The highest BCUT2D eigenvalue weighted by Gasteiger charge is 2.30. The van der Waals surface area contributed by atoms with E-state index in [9.17, 15) is 4.79 Å². The number of ether oxygens (including phenoxy) is 1. The molecule has 2 nitrogen and oxygen atoms in total. The molecule has 0 bridgehead atoms. The third-order valence-electron chi connectivity index (χ3n) is 2.20. The van der Waals surface area contributed by atoms with E-state index in [1.165, 1.54) is 0 Å². The first-order chi connectivity index (χ1) is 6.59. The van der Waals surface area contributed by atoms with E-state index in [2.05, 4.69) is 6.58 Å². The molecule has 1 rings (SSSR count). The Kier molecular flexibility index (Phi) is 3.07. The zero-order chi connectivity index (χ0) is 10.6. The van der Waals surface area contributed by atoms with Crippen molar-refractivity contribution in [3.8, 4) is 0 Å². The second-order valence-electron chi connectivity index (χ2n) is 3.56. The summed E-state index contributed by atoms with van der Waals surface area (Å²) in [5, 5.41) is 0. The lowest BCUT2D eigenvalue weighted by Gasteiger charge is -2.21. The molecule has 0 aromatic heterocycles. The van der Waals surface area contributed by atoms with Gasteiger partial charge < -0.3 is 4.74 Å².